The van der Waals surface area contributed by atoms with E-state index in [1.807, 2.05) is 6.07 Å². The van der Waals surface area contributed by atoms with E-state index in [2.05, 4.69) is 0 Å². The SMILES string of the molecule is O=C1CCCCCCN1C(=O)C(O)c1ccccc1. The van der Waals surface area contributed by atoms with Crippen LogP contribution in [0.2, 0.25) is 0 Å². The predicted molar refractivity (Wildman–Crippen MR) is 71.2 cm³/mol. The number of hydrogen-bond acceptors (Lipinski definition) is 3. The van der Waals surface area contributed by atoms with Crippen LogP contribution in [0.25, 0.3) is 0 Å². The van der Waals surface area contributed by atoms with Crippen LogP contribution >= 0.6 is 0 Å². The summed E-state index contributed by atoms with van der Waals surface area (Å²) in [6, 6.07) is 8.73. The van der Waals surface area contributed by atoms with Crippen molar-refractivity contribution in [1.82, 2.24) is 4.90 Å². The Morgan fingerprint density at radius 2 is 1.79 bits per heavy atom. The second-order valence-corrected chi connectivity index (χ2v) is 4.86. The lowest BCUT2D eigenvalue weighted by Crippen LogP contribution is -2.41. The van der Waals surface area contributed by atoms with Crippen molar-refractivity contribution in [1.29, 1.82) is 0 Å². The number of carbonyl (C=O) groups is 2. The molecule has 1 aromatic carbocycles. The van der Waals surface area contributed by atoms with Gasteiger partial charge in [-0.05, 0) is 18.4 Å². The Balaban J connectivity index is 2.10. The minimum absolute atomic E-state index is 0.167. The van der Waals surface area contributed by atoms with Crippen molar-refractivity contribution in [3.63, 3.8) is 0 Å². The number of likely N-dealkylation sites (tertiary alicyclic amines) is 1. The quantitative estimate of drug-likeness (QED) is 0.886. The maximum absolute atomic E-state index is 12.2. The second kappa shape index (κ2) is 6.48. The van der Waals surface area contributed by atoms with Gasteiger partial charge in [0.25, 0.3) is 5.91 Å². The van der Waals surface area contributed by atoms with E-state index in [0.29, 0.717) is 18.5 Å². The summed E-state index contributed by atoms with van der Waals surface area (Å²) in [5, 5.41) is 10.1. The van der Waals surface area contributed by atoms with Crippen LogP contribution in [0.3, 0.4) is 0 Å². The molecule has 1 unspecified atom stereocenters. The summed E-state index contributed by atoms with van der Waals surface area (Å²) in [6.45, 7) is 0.418. The molecule has 4 heteroatoms. The molecule has 0 saturated carbocycles. The van der Waals surface area contributed by atoms with Crippen LogP contribution in [0.4, 0.5) is 0 Å². The van der Waals surface area contributed by atoms with E-state index in [1.165, 1.54) is 4.90 Å². The first-order valence-electron chi connectivity index (χ1n) is 6.77. The number of aliphatic hydroxyl groups excluding tert-OH is 1. The summed E-state index contributed by atoms with van der Waals surface area (Å²) >= 11 is 0. The molecule has 1 heterocycles. The van der Waals surface area contributed by atoms with Gasteiger partial charge in [0, 0.05) is 13.0 Å². The van der Waals surface area contributed by atoms with Crippen LogP contribution in [-0.2, 0) is 9.59 Å². The van der Waals surface area contributed by atoms with Gasteiger partial charge >= 0.3 is 0 Å². The van der Waals surface area contributed by atoms with Crippen LogP contribution in [0.5, 0.6) is 0 Å². The van der Waals surface area contributed by atoms with E-state index in [1.54, 1.807) is 24.3 Å². The second-order valence-electron chi connectivity index (χ2n) is 4.86. The molecular weight excluding hydrogens is 242 g/mol. The molecule has 2 amide bonds. The summed E-state index contributed by atoms with van der Waals surface area (Å²) in [5.41, 5.74) is 0.530. The Hall–Kier alpha value is -1.68. The van der Waals surface area contributed by atoms with Gasteiger partial charge in [-0.15, -0.1) is 0 Å². The highest BCUT2D eigenvalue weighted by atomic mass is 16.3. The molecule has 1 atom stereocenters. The zero-order valence-corrected chi connectivity index (χ0v) is 10.9. The number of carbonyl (C=O) groups excluding carboxylic acids is 2. The Bertz CT molecular complexity index is 444. The Morgan fingerprint density at radius 1 is 1.11 bits per heavy atom. The van der Waals surface area contributed by atoms with Crippen molar-refractivity contribution in [2.75, 3.05) is 6.54 Å². The van der Waals surface area contributed by atoms with E-state index in [0.717, 1.165) is 25.7 Å². The van der Waals surface area contributed by atoms with Gasteiger partial charge in [0.05, 0.1) is 0 Å². The summed E-state index contributed by atoms with van der Waals surface area (Å²) in [7, 11) is 0. The molecule has 1 aromatic rings. The Kier molecular flexibility index (Phi) is 4.68. The molecule has 4 nitrogen and oxygen atoms in total. The van der Waals surface area contributed by atoms with E-state index in [-0.39, 0.29) is 5.91 Å². The third-order valence-corrected chi connectivity index (χ3v) is 3.44. The van der Waals surface area contributed by atoms with Crippen LogP contribution in [0.1, 0.15) is 43.8 Å². The largest absolute Gasteiger partial charge is 0.378 e. The molecule has 1 aliphatic rings. The minimum Gasteiger partial charge on any atom is -0.378 e. The normalized spacial score (nSPS) is 18.6. The fraction of sp³-hybridized carbons (Fsp3) is 0.467. The molecule has 0 aliphatic carbocycles. The first-order chi connectivity index (χ1) is 9.20. The number of amides is 2. The fourth-order valence-electron chi connectivity index (χ4n) is 2.32. The van der Waals surface area contributed by atoms with Crippen molar-refractivity contribution >= 4 is 11.8 Å². The number of nitrogens with zero attached hydrogens (tertiary/aromatic N) is 1. The molecule has 0 aromatic heterocycles. The molecule has 2 rings (SSSR count). The number of imide groups is 1. The van der Waals surface area contributed by atoms with Gasteiger partial charge < -0.3 is 5.11 Å². The van der Waals surface area contributed by atoms with Crippen molar-refractivity contribution in [3.05, 3.63) is 35.9 Å². The standard InChI is InChI=1S/C15H19NO3/c17-13-10-6-1-2-7-11-16(13)15(19)14(18)12-8-4-3-5-9-12/h3-5,8-9,14,18H,1-2,6-7,10-11H2. The highest BCUT2D eigenvalue weighted by Gasteiger charge is 2.28. The zero-order valence-electron chi connectivity index (χ0n) is 10.9. The van der Waals surface area contributed by atoms with Gasteiger partial charge in [-0.25, -0.2) is 0 Å². The number of hydrogen-bond donors (Lipinski definition) is 1. The highest BCUT2D eigenvalue weighted by Crippen LogP contribution is 2.19. The van der Waals surface area contributed by atoms with E-state index in [4.69, 9.17) is 0 Å². The minimum atomic E-state index is -1.25. The summed E-state index contributed by atoms with van der Waals surface area (Å²) in [6.07, 6.45) is 2.86. The molecule has 1 fully saturated rings. The average molecular weight is 261 g/mol. The van der Waals surface area contributed by atoms with Crippen molar-refractivity contribution in [2.24, 2.45) is 0 Å². The summed E-state index contributed by atoms with van der Waals surface area (Å²) in [5.74, 6) is -0.669. The molecule has 102 valence electrons. The van der Waals surface area contributed by atoms with Crippen LogP contribution in [-0.4, -0.2) is 28.4 Å². The zero-order chi connectivity index (χ0) is 13.7. The fourth-order valence-corrected chi connectivity index (χ4v) is 2.32. The molecule has 19 heavy (non-hydrogen) atoms. The van der Waals surface area contributed by atoms with Crippen molar-refractivity contribution in [2.45, 2.75) is 38.2 Å². The Morgan fingerprint density at radius 3 is 2.53 bits per heavy atom. The van der Waals surface area contributed by atoms with Gasteiger partial charge in [-0.2, -0.15) is 0 Å². The van der Waals surface area contributed by atoms with Gasteiger partial charge in [0.1, 0.15) is 0 Å². The first-order valence-corrected chi connectivity index (χ1v) is 6.77. The van der Waals surface area contributed by atoms with E-state index in [9.17, 15) is 14.7 Å². The maximum atomic E-state index is 12.2. The lowest BCUT2D eigenvalue weighted by Gasteiger charge is -2.25. The molecule has 0 bridgehead atoms. The molecule has 1 N–H and O–H groups in total. The van der Waals surface area contributed by atoms with E-state index < -0.39 is 12.0 Å². The highest BCUT2D eigenvalue weighted by molar-refractivity contribution is 5.97. The third kappa shape index (κ3) is 3.41. The monoisotopic (exact) mass is 261 g/mol. The molecule has 1 aliphatic heterocycles. The van der Waals surface area contributed by atoms with Crippen molar-refractivity contribution < 1.29 is 14.7 Å². The third-order valence-electron chi connectivity index (χ3n) is 3.44. The number of rotatable bonds is 2. The van der Waals surface area contributed by atoms with Crippen molar-refractivity contribution in [3.8, 4) is 0 Å². The van der Waals surface area contributed by atoms with Gasteiger partial charge in [0.2, 0.25) is 5.91 Å². The number of benzene rings is 1. The smallest absolute Gasteiger partial charge is 0.262 e. The van der Waals surface area contributed by atoms with Gasteiger partial charge in [0.15, 0.2) is 6.10 Å². The maximum Gasteiger partial charge on any atom is 0.262 e. The van der Waals surface area contributed by atoms with Crippen LogP contribution in [0.15, 0.2) is 30.3 Å². The van der Waals surface area contributed by atoms with Gasteiger partial charge in [-0.1, -0.05) is 43.2 Å². The number of aliphatic hydroxyl groups is 1. The molecule has 0 spiro atoms. The lowest BCUT2D eigenvalue weighted by molar-refractivity contribution is -0.151. The average Bonchev–Trinajstić information content (AvgIpc) is 2.43. The molecular formula is C15H19NO3. The van der Waals surface area contributed by atoms with Crippen LogP contribution in [0, 0.1) is 0 Å². The van der Waals surface area contributed by atoms with Crippen LogP contribution < -0.4 is 0 Å². The topological polar surface area (TPSA) is 57.6 Å². The summed E-state index contributed by atoms with van der Waals surface area (Å²) in [4.78, 5) is 25.4. The molecule has 0 radical (unpaired) electrons. The first kappa shape index (κ1) is 13.7. The summed E-state index contributed by atoms with van der Waals surface area (Å²) < 4.78 is 0. The van der Waals surface area contributed by atoms with Gasteiger partial charge in [-0.3, -0.25) is 14.5 Å². The van der Waals surface area contributed by atoms with E-state index >= 15 is 0 Å². The molecule has 1 saturated heterocycles. The lowest BCUT2D eigenvalue weighted by atomic mass is 10.1. The predicted octanol–water partition coefficient (Wildman–Crippen LogP) is 2.04. The Labute approximate surface area is 113 Å².